The van der Waals surface area contributed by atoms with Crippen LogP contribution in [0.25, 0.3) is 10.2 Å². The van der Waals surface area contributed by atoms with Crippen molar-refractivity contribution >= 4 is 43.9 Å². The lowest BCUT2D eigenvalue weighted by Crippen LogP contribution is -2.29. The monoisotopic (exact) mass is 355 g/mol. The van der Waals surface area contributed by atoms with E-state index in [0.29, 0.717) is 15.8 Å². The van der Waals surface area contributed by atoms with Gasteiger partial charge in [0.15, 0.2) is 0 Å². The van der Waals surface area contributed by atoms with E-state index in [4.69, 9.17) is 5.73 Å². The van der Waals surface area contributed by atoms with Crippen LogP contribution in [-0.2, 0) is 0 Å². The summed E-state index contributed by atoms with van der Waals surface area (Å²) in [6.45, 7) is 0. The smallest absolute Gasteiger partial charge is 0.268 e. The van der Waals surface area contributed by atoms with Crippen molar-refractivity contribution in [2.45, 2.75) is 6.04 Å². The number of carbonyl (C=O) groups is 1. The number of fused-ring (bicyclic) bond motifs is 1. The number of hydrogen-bond acceptors (Lipinski definition) is 6. The number of amides is 1. The molecule has 4 aromatic rings. The molecular formula is C16H13N5OS2. The summed E-state index contributed by atoms with van der Waals surface area (Å²) in [5.41, 5.74) is 8.11. The number of benzene rings is 1. The lowest BCUT2D eigenvalue weighted by atomic mass is 10.1. The lowest BCUT2D eigenvalue weighted by Gasteiger charge is -2.16. The highest BCUT2D eigenvalue weighted by Crippen LogP contribution is 2.27. The zero-order valence-corrected chi connectivity index (χ0v) is 14.0. The number of H-pyrrole nitrogens is 1. The minimum absolute atomic E-state index is 0.193. The molecule has 0 aliphatic carbocycles. The first kappa shape index (κ1) is 14.9. The molecule has 8 heteroatoms. The molecule has 120 valence electrons. The average Bonchev–Trinajstić information content (AvgIpc) is 3.29. The molecule has 4 N–H and O–H groups in total. The molecule has 1 atom stereocenters. The van der Waals surface area contributed by atoms with Crippen LogP contribution in [0.2, 0.25) is 0 Å². The summed E-state index contributed by atoms with van der Waals surface area (Å²) in [5, 5.41) is 14.0. The van der Waals surface area contributed by atoms with Crippen LogP contribution in [0, 0.1) is 0 Å². The number of hydrogen-bond donors (Lipinski definition) is 3. The maximum absolute atomic E-state index is 12.7. The Morgan fingerprint density at radius 2 is 2.04 bits per heavy atom. The maximum Gasteiger partial charge on any atom is 0.268 e. The molecule has 0 spiro atoms. The van der Waals surface area contributed by atoms with Crippen molar-refractivity contribution in [3.8, 4) is 0 Å². The second-order valence-corrected chi connectivity index (χ2v) is 7.17. The summed E-state index contributed by atoms with van der Waals surface area (Å²) >= 11 is 2.86. The second-order valence-electron chi connectivity index (χ2n) is 5.18. The maximum atomic E-state index is 12.7. The Morgan fingerprint density at radius 1 is 1.21 bits per heavy atom. The lowest BCUT2D eigenvalue weighted by molar-refractivity contribution is 0.0938. The molecule has 0 aliphatic heterocycles. The predicted octanol–water partition coefficient (Wildman–Crippen LogP) is 3.18. The molecule has 3 heterocycles. The first-order chi connectivity index (χ1) is 11.7. The SMILES string of the molecule is Nc1nnc([C@H](NC(=O)c2cc3sccc3[nH]2)c2ccccc2)s1. The summed E-state index contributed by atoms with van der Waals surface area (Å²) in [6.07, 6.45) is 0. The van der Waals surface area contributed by atoms with E-state index in [0.717, 1.165) is 15.8 Å². The Kier molecular flexibility index (Phi) is 3.75. The molecule has 0 bridgehead atoms. The van der Waals surface area contributed by atoms with Gasteiger partial charge in [-0.2, -0.15) is 0 Å². The number of nitrogen functional groups attached to an aromatic ring is 1. The normalized spacial score (nSPS) is 12.3. The summed E-state index contributed by atoms with van der Waals surface area (Å²) in [6, 6.07) is 13.1. The third-order valence-corrected chi connectivity index (χ3v) is 5.28. The van der Waals surface area contributed by atoms with Crippen molar-refractivity contribution in [2.75, 3.05) is 5.73 Å². The fourth-order valence-corrected chi connectivity index (χ4v) is 3.95. The largest absolute Gasteiger partial charge is 0.374 e. The quantitative estimate of drug-likeness (QED) is 0.524. The number of thiophene rings is 1. The Balaban J connectivity index is 1.66. The summed E-state index contributed by atoms with van der Waals surface area (Å²) in [4.78, 5) is 15.8. The van der Waals surface area contributed by atoms with Crippen LogP contribution in [-0.4, -0.2) is 21.1 Å². The van der Waals surface area contributed by atoms with Crippen LogP contribution >= 0.6 is 22.7 Å². The van der Waals surface area contributed by atoms with Crippen LogP contribution in [0.5, 0.6) is 0 Å². The van der Waals surface area contributed by atoms with E-state index < -0.39 is 6.04 Å². The van der Waals surface area contributed by atoms with Crippen molar-refractivity contribution in [3.63, 3.8) is 0 Å². The Labute approximate surface area is 145 Å². The minimum atomic E-state index is -0.394. The van der Waals surface area contributed by atoms with Gasteiger partial charge in [0.1, 0.15) is 16.7 Å². The molecule has 1 amide bonds. The van der Waals surface area contributed by atoms with E-state index in [1.54, 1.807) is 11.3 Å². The fourth-order valence-electron chi connectivity index (χ4n) is 2.48. The van der Waals surface area contributed by atoms with Gasteiger partial charge in [0.25, 0.3) is 5.91 Å². The number of rotatable bonds is 4. The zero-order valence-electron chi connectivity index (χ0n) is 12.4. The third-order valence-electron chi connectivity index (χ3n) is 3.60. The first-order valence-corrected chi connectivity index (χ1v) is 8.91. The number of nitrogens with zero attached hydrogens (tertiary/aromatic N) is 2. The van der Waals surface area contributed by atoms with E-state index >= 15 is 0 Å². The van der Waals surface area contributed by atoms with Gasteiger partial charge in [-0.1, -0.05) is 41.7 Å². The van der Waals surface area contributed by atoms with Gasteiger partial charge in [-0.3, -0.25) is 4.79 Å². The van der Waals surface area contributed by atoms with Gasteiger partial charge < -0.3 is 16.0 Å². The number of carbonyl (C=O) groups excluding carboxylic acids is 1. The second kappa shape index (κ2) is 6.06. The topological polar surface area (TPSA) is 96.7 Å². The predicted molar refractivity (Wildman–Crippen MR) is 96.2 cm³/mol. The number of aromatic nitrogens is 3. The van der Waals surface area contributed by atoms with Gasteiger partial charge in [-0.25, -0.2) is 0 Å². The first-order valence-electron chi connectivity index (χ1n) is 7.21. The van der Waals surface area contributed by atoms with Gasteiger partial charge >= 0.3 is 0 Å². The average molecular weight is 355 g/mol. The molecule has 0 saturated heterocycles. The van der Waals surface area contributed by atoms with E-state index in [1.807, 2.05) is 47.8 Å². The van der Waals surface area contributed by atoms with Crippen molar-refractivity contribution in [1.29, 1.82) is 0 Å². The highest BCUT2D eigenvalue weighted by Gasteiger charge is 2.22. The highest BCUT2D eigenvalue weighted by atomic mass is 32.1. The Morgan fingerprint density at radius 3 is 2.75 bits per heavy atom. The van der Waals surface area contributed by atoms with Crippen LogP contribution in [0.3, 0.4) is 0 Å². The van der Waals surface area contributed by atoms with E-state index in [9.17, 15) is 4.79 Å². The number of nitrogens with two attached hydrogens (primary N) is 1. The summed E-state index contributed by atoms with van der Waals surface area (Å²) in [5.74, 6) is -0.193. The van der Waals surface area contributed by atoms with Crippen molar-refractivity contribution < 1.29 is 4.79 Å². The van der Waals surface area contributed by atoms with E-state index in [1.165, 1.54) is 11.3 Å². The Bertz CT molecular complexity index is 960. The van der Waals surface area contributed by atoms with Gasteiger partial charge in [0, 0.05) is 0 Å². The van der Waals surface area contributed by atoms with Crippen LogP contribution in [0.1, 0.15) is 27.1 Å². The molecule has 4 rings (SSSR count). The van der Waals surface area contributed by atoms with Gasteiger partial charge in [0.2, 0.25) is 5.13 Å². The summed E-state index contributed by atoms with van der Waals surface area (Å²) < 4.78 is 1.05. The molecule has 24 heavy (non-hydrogen) atoms. The molecule has 1 aromatic carbocycles. The number of aromatic amines is 1. The number of nitrogens with one attached hydrogen (secondary N) is 2. The van der Waals surface area contributed by atoms with Crippen LogP contribution < -0.4 is 11.1 Å². The standard InChI is InChI=1S/C16H13N5OS2/c17-16-21-20-15(24-16)13(9-4-2-1-3-5-9)19-14(22)11-8-12-10(18-11)6-7-23-12/h1-8,13,18H,(H2,17,21)(H,19,22)/t13-/m1/s1. The molecule has 0 saturated carbocycles. The van der Waals surface area contributed by atoms with Crippen LogP contribution in [0.15, 0.2) is 47.8 Å². The summed E-state index contributed by atoms with van der Waals surface area (Å²) in [7, 11) is 0. The molecule has 0 aliphatic rings. The number of anilines is 1. The Hall–Kier alpha value is -2.71. The fraction of sp³-hybridized carbons (Fsp3) is 0.0625. The van der Waals surface area contributed by atoms with Crippen molar-refractivity contribution in [1.82, 2.24) is 20.5 Å². The van der Waals surface area contributed by atoms with E-state index in [-0.39, 0.29) is 5.91 Å². The van der Waals surface area contributed by atoms with E-state index in [2.05, 4.69) is 20.5 Å². The van der Waals surface area contributed by atoms with Gasteiger partial charge in [0.05, 0.1) is 10.2 Å². The van der Waals surface area contributed by atoms with Crippen molar-refractivity contribution in [2.24, 2.45) is 0 Å². The molecule has 3 aromatic heterocycles. The minimum Gasteiger partial charge on any atom is -0.374 e. The van der Waals surface area contributed by atoms with Gasteiger partial charge in [-0.15, -0.1) is 21.5 Å². The van der Waals surface area contributed by atoms with Gasteiger partial charge in [-0.05, 0) is 23.1 Å². The van der Waals surface area contributed by atoms with Crippen LogP contribution in [0.4, 0.5) is 5.13 Å². The molecule has 0 fully saturated rings. The molecule has 6 nitrogen and oxygen atoms in total. The molecule has 0 radical (unpaired) electrons. The highest BCUT2D eigenvalue weighted by molar-refractivity contribution is 7.17. The molecular weight excluding hydrogens is 342 g/mol. The third kappa shape index (κ3) is 2.77. The zero-order chi connectivity index (χ0) is 16.5. The van der Waals surface area contributed by atoms with Crippen molar-refractivity contribution in [3.05, 3.63) is 64.1 Å². The molecule has 0 unspecified atom stereocenters.